The van der Waals surface area contributed by atoms with E-state index in [0.717, 1.165) is 44.3 Å². The number of aldehydes is 1. The molecule has 4 fully saturated rings. The first kappa shape index (κ1) is 19.2. The van der Waals surface area contributed by atoms with E-state index in [0.29, 0.717) is 36.9 Å². The highest BCUT2D eigenvalue weighted by Crippen LogP contribution is 2.80. The van der Waals surface area contributed by atoms with Crippen LogP contribution in [0.15, 0.2) is 16.1 Å². The Bertz CT molecular complexity index is 853. The summed E-state index contributed by atoms with van der Waals surface area (Å²) in [4.78, 5) is 29.9. The number of carbonyl (C=O) groups is 2. The van der Waals surface area contributed by atoms with Crippen molar-refractivity contribution in [1.29, 1.82) is 0 Å². The van der Waals surface area contributed by atoms with Crippen molar-refractivity contribution >= 4 is 18.2 Å². The molecule has 1 unspecified atom stereocenters. The Morgan fingerprint density at radius 2 is 2.00 bits per heavy atom. The van der Waals surface area contributed by atoms with Gasteiger partial charge in [-0.25, -0.2) is 4.99 Å². The van der Waals surface area contributed by atoms with Crippen molar-refractivity contribution in [3.05, 3.63) is 11.1 Å². The van der Waals surface area contributed by atoms with E-state index in [1.54, 1.807) is 7.05 Å². The van der Waals surface area contributed by atoms with E-state index >= 15 is 0 Å². The number of aliphatic carboxylic acids is 1. The molecular formula is C22H31N3O4. The molecule has 4 aliphatic carbocycles. The number of allylic oxidation sites excluding steroid dienone is 1. The van der Waals surface area contributed by atoms with Crippen LogP contribution >= 0.6 is 0 Å². The van der Waals surface area contributed by atoms with E-state index in [1.807, 2.05) is 0 Å². The Hall–Kier alpha value is -1.73. The Balaban J connectivity index is 1.79. The quantitative estimate of drug-likeness (QED) is 0.300. The SMILES string of the molecule is CN=C(N)[NH+]1CC[C@@H]2CC[C@H]3[C@@]45C(=C(C(=O)[O-])[C@@]3(O)C=O)C[C@@H](CC[C@H]4C)[C@]25C1. The second-order valence-corrected chi connectivity index (χ2v) is 10.1. The third-order valence-electron chi connectivity index (χ3n) is 9.78. The molecule has 4 N–H and O–H groups in total. The number of nitrogens with two attached hydrogens (primary N) is 1. The molecule has 7 nitrogen and oxygen atoms in total. The summed E-state index contributed by atoms with van der Waals surface area (Å²) in [6.07, 6.45) is 5.85. The predicted molar refractivity (Wildman–Crippen MR) is 103 cm³/mol. The molecule has 0 aromatic rings. The van der Waals surface area contributed by atoms with Crippen LogP contribution in [-0.4, -0.2) is 49.1 Å². The number of nitrogens with zero attached hydrogens (tertiary/aromatic N) is 1. The van der Waals surface area contributed by atoms with Crippen LogP contribution in [0.4, 0.5) is 0 Å². The van der Waals surface area contributed by atoms with Gasteiger partial charge < -0.3 is 20.7 Å². The minimum absolute atomic E-state index is 0.113. The van der Waals surface area contributed by atoms with Gasteiger partial charge in [0.05, 0.1) is 19.1 Å². The van der Waals surface area contributed by atoms with Crippen LogP contribution in [0, 0.1) is 34.5 Å². The lowest BCUT2D eigenvalue weighted by molar-refractivity contribution is -0.829. The number of rotatable bonds is 2. The molecule has 0 amide bonds. The summed E-state index contributed by atoms with van der Waals surface area (Å²) in [6, 6.07) is 0. The van der Waals surface area contributed by atoms with Gasteiger partial charge in [0.1, 0.15) is 5.60 Å². The lowest BCUT2D eigenvalue weighted by Gasteiger charge is -2.65. The zero-order valence-corrected chi connectivity index (χ0v) is 17.2. The number of guanidine groups is 1. The van der Waals surface area contributed by atoms with Crippen molar-refractivity contribution in [3.63, 3.8) is 0 Å². The molecule has 0 aromatic heterocycles. The van der Waals surface area contributed by atoms with Gasteiger partial charge in [-0.15, -0.1) is 0 Å². The summed E-state index contributed by atoms with van der Waals surface area (Å²) in [6.45, 7) is 3.94. The largest absolute Gasteiger partial charge is 0.545 e. The standard InChI is InChI=1S/C22H31N3O4/c1-12-3-4-14-9-15-17(18(27)28)21(29,11-26)16-6-5-13-7-8-25(19(23)24-2)10-20(13,14)22(12,15)16/h11-14,16,29H,3-10H2,1-2H3,(H2,23,24)(H,27,28)/t12-,13+,14-,16-,20+,21-,22+/m1/s1. The molecule has 1 heterocycles. The maximum atomic E-state index is 12.2. The minimum Gasteiger partial charge on any atom is -0.545 e. The van der Waals surface area contributed by atoms with Crippen molar-refractivity contribution in [2.24, 2.45) is 45.2 Å². The summed E-state index contributed by atoms with van der Waals surface area (Å²) in [5.41, 5.74) is 4.44. The fourth-order valence-electron chi connectivity index (χ4n) is 9.14. The maximum absolute atomic E-state index is 12.2. The summed E-state index contributed by atoms with van der Waals surface area (Å²) in [5.74, 6) is -0.109. The number of nitrogens with one attached hydrogen (secondary N) is 1. The molecule has 0 radical (unpaired) electrons. The molecule has 2 bridgehead atoms. The van der Waals surface area contributed by atoms with Gasteiger partial charge in [-0.1, -0.05) is 12.5 Å². The number of hydrogen-bond donors (Lipinski definition) is 3. The van der Waals surface area contributed by atoms with Gasteiger partial charge >= 0.3 is 0 Å². The van der Waals surface area contributed by atoms with Gasteiger partial charge in [0.2, 0.25) is 0 Å². The number of aliphatic imine (C=N–C) groups is 1. The lowest BCUT2D eigenvalue weighted by atomic mass is 9.39. The molecule has 0 aromatic carbocycles. The third kappa shape index (κ3) is 1.90. The van der Waals surface area contributed by atoms with Crippen molar-refractivity contribution in [2.75, 3.05) is 20.1 Å². The number of carboxylic acid groups (broad SMARTS) is 1. The van der Waals surface area contributed by atoms with Crippen molar-refractivity contribution in [3.8, 4) is 0 Å². The number of hydrogen-bond acceptors (Lipinski definition) is 5. The number of piperidine rings is 1. The average Bonchev–Trinajstić information content (AvgIpc) is 3.06. The average molecular weight is 402 g/mol. The molecule has 5 aliphatic rings. The normalized spacial score (nSPS) is 50.9. The zero-order valence-electron chi connectivity index (χ0n) is 17.2. The van der Waals surface area contributed by atoms with Crippen molar-refractivity contribution < 1.29 is 24.7 Å². The number of likely N-dealkylation sites (tertiary alicyclic amines) is 1. The zero-order chi connectivity index (χ0) is 20.8. The van der Waals surface area contributed by atoms with E-state index in [9.17, 15) is 19.8 Å². The Labute approximate surface area is 171 Å². The fourth-order valence-corrected chi connectivity index (χ4v) is 9.14. The molecule has 2 spiro atoms. The van der Waals surface area contributed by atoms with E-state index in [-0.39, 0.29) is 22.8 Å². The molecule has 1 saturated heterocycles. The molecule has 29 heavy (non-hydrogen) atoms. The molecule has 3 saturated carbocycles. The highest BCUT2D eigenvalue weighted by Gasteiger charge is 2.80. The first-order valence-corrected chi connectivity index (χ1v) is 11.0. The van der Waals surface area contributed by atoms with Gasteiger partial charge in [-0.05, 0) is 49.9 Å². The first-order valence-electron chi connectivity index (χ1n) is 11.0. The molecule has 7 heteroatoms. The van der Waals surface area contributed by atoms with Crippen LogP contribution in [0.1, 0.15) is 45.4 Å². The van der Waals surface area contributed by atoms with Gasteiger partial charge in [-0.2, -0.15) is 0 Å². The topological polar surface area (TPSA) is 120 Å². The fraction of sp³-hybridized carbons (Fsp3) is 0.773. The van der Waals surface area contributed by atoms with Crippen LogP contribution in [-0.2, 0) is 9.59 Å². The highest BCUT2D eigenvalue weighted by atomic mass is 16.4. The Morgan fingerprint density at radius 1 is 1.28 bits per heavy atom. The van der Waals surface area contributed by atoms with Crippen LogP contribution in [0.5, 0.6) is 0 Å². The van der Waals surface area contributed by atoms with Crippen LogP contribution in [0.2, 0.25) is 0 Å². The smallest absolute Gasteiger partial charge is 0.293 e. The third-order valence-corrected chi connectivity index (χ3v) is 9.78. The van der Waals surface area contributed by atoms with E-state index < -0.39 is 17.0 Å². The summed E-state index contributed by atoms with van der Waals surface area (Å²) >= 11 is 0. The number of aliphatic hydroxyl groups is 1. The minimum atomic E-state index is -1.94. The van der Waals surface area contributed by atoms with E-state index in [1.165, 1.54) is 4.90 Å². The van der Waals surface area contributed by atoms with Gasteiger partial charge in [0.25, 0.3) is 5.96 Å². The van der Waals surface area contributed by atoms with Gasteiger partial charge in [0, 0.05) is 35.8 Å². The second-order valence-electron chi connectivity index (χ2n) is 10.1. The van der Waals surface area contributed by atoms with E-state index in [4.69, 9.17) is 5.73 Å². The van der Waals surface area contributed by atoms with Crippen molar-refractivity contribution in [1.82, 2.24) is 0 Å². The van der Waals surface area contributed by atoms with E-state index in [2.05, 4.69) is 11.9 Å². The van der Waals surface area contributed by atoms with Crippen molar-refractivity contribution in [2.45, 2.75) is 51.0 Å². The predicted octanol–water partition coefficient (Wildman–Crippen LogP) is -1.34. The van der Waals surface area contributed by atoms with Crippen LogP contribution in [0.25, 0.3) is 0 Å². The lowest BCUT2D eigenvalue weighted by Crippen LogP contribution is -3.19. The molecule has 158 valence electrons. The first-order chi connectivity index (χ1) is 13.8. The second kappa shape index (κ2) is 5.91. The van der Waals surface area contributed by atoms with Gasteiger partial charge in [-0.3, -0.25) is 9.69 Å². The Kier molecular flexibility index (Phi) is 3.92. The number of carboxylic acids is 1. The Morgan fingerprint density at radius 3 is 2.66 bits per heavy atom. The summed E-state index contributed by atoms with van der Waals surface area (Å²) in [5, 5.41) is 23.7. The molecule has 5 rings (SSSR count). The molecular weight excluding hydrogens is 370 g/mol. The monoisotopic (exact) mass is 401 g/mol. The number of quaternary nitrogens is 1. The number of carbonyl (C=O) groups excluding carboxylic acids is 2. The molecule has 1 aliphatic heterocycles. The summed E-state index contributed by atoms with van der Waals surface area (Å²) < 4.78 is 0. The van der Waals surface area contributed by atoms with Gasteiger partial charge in [0.15, 0.2) is 6.29 Å². The maximum Gasteiger partial charge on any atom is 0.293 e. The van der Waals surface area contributed by atoms with Crippen LogP contribution in [0.3, 0.4) is 0 Å². The highest BCUT2D eigenvalue weighted by molar-refractivity contribution is 5.97. The summed E-state index contributed by atoms with van der Waals surface area (Å²) in [7, 11) is 1.71. The van der Waals surface area contributed by atoms with Crippen LogP contribution < -0.4 is 15.7 Å². The molecule has 8 atom stereocenters.